The Kier molecular flexibility index (Phi) is 4.98. The van der Waals surface area contributed by atoms with E-state index in [0.717, 1.165) is 5.56 Å². The molecule has 0 amide bonds. The summed E-state index contributed by atoms with van der Waals surface area (Å²) in [6, 6.07) is 9.68. The fraction of sp³-hybridized carbons (Fsp3) is 0.125. The van der Waals surface area contributed by atoms with Gasteiger partial charge in [0.15, 0.2) is 0 Å². The van der Waals surface area contributed by atoms with E-state index in [1.807, 2.05) is 0 Å². The highest BCUT2D eigenvalue weighted by atomic mass is 16.6. The summed E-state index contributed by atoms with van der Waals surface area (Å²) in [5, 5.41) is 10.9. The third kappa shape index (κ3) is 3.99. The Bertz CT molecular complexity index is 698. The van der Waals surface area contributed by atoms with E-state index in [2.05, 4.69) is 4.98 Å². The number of rotatable bonds is 5. The first-order valence-corrected chi connectivity index (χ1v) is 6.60. The van der Waals surface area contributed by atoms with Crippen molar-refractivity contribution in [3.8, 4) is 0 Å². The molecular weight excluding hydrogens is 284 g/mol. The minimum Gasteiger partial charge on any atom is -0.455 e. The monoisotopic (exact) mass is 298 g/mol. The van der Waals surface area contributed by atoms with Crippen LogP contribution in [0.2, 0.25) is 0 Å². The second-order valence-corrected chi connectivity index (χ2v) is 4.51. The lowest BCUT2D eigenvalue weighted by atomic mass is 10.1. The zero-order chi connectivity index (χ0) is 15.9. The summed E-state index contributed by atoms with van der Waals surface area (Å²) in [6.07, 6.45) is 5.36. The number of benzene rings is 1. The van der Waals surface area contributed by atoms with Crippen molar-refractivity contribution in [1.29, 1.82) is 0 Å². The molecule has 1 atom stereocenters. The topological polar surface area (TPSA) is 82.3 Å². The van der Waals surface area contributed by atoms with Crippen molar-refractivity contribution in [3.63, 3.8) is 0 Å². The van der Waals surface area contributed by atoms with Gasteiger partial charge in [-0.3, -0.25) is 15.1 Å². The van der Waals surface area contributed by atoms with Gasteiger partial charge < -0.3 is 4.74 Å². The van der Waals surface area contributed by atoms with Crippen molar-refractivity contribution in [1.82, 2.24) is 4.98 Å². The predicted octanol–water partition coefficient (Wildman–Crippen LogP) is 3.31. The second-order valence-electron chi connectivity index (χ2n) is 4.51. The van der Waals surface area contributed by atoms with Crippen LogP contribution < -0.4 is 0 Å². The van der Waals surface area contributed by atoms with Crippen molar-refractivity contribution >= 4 is 17.7 Å². The molecule has 0 saturated heterocycles. The summed E-state index contributed by atoms with van der Waals surface area (Å²) in [7, 11) is 0. The number of esters is 1. The quantitative estimate of drug-likeness (QED) is 0.366. The lowest BCUT2D eigenvalue weighted by Crippen LogP contribution is -2.06. The number of nitrogens with zero attached hydrogens (tertiary/aromatic N) is 2. The first-order valence-electron chi connectivity index (χ1n) is 6.60. The van der Waals surface area contributed by atoms with Gasteiger partial charge in [-0.1, -0.05) is 12.1 Å². The third-order valence-corrected chi connectivity index (χ3v) is 3.00. The minimum absolute atomic E-state index is 0.0614. The number of hydrogen-bond donors (Lipinski definition) is 0. The fourth-order valence-electron chi connectivity index (χ4n) is 1.87. The molecule has 6 nitrogen and oxygen atoms in total. The Morgan fingerprint density at radius 2 is 1.95 bits per heavy atom. The van der Waals surface area contributed by atoms with E-state index in [1.54, 1.807) is 49.6 Å². The van der Waals surface area contributed by atoms with Crippen molar-refractivity contribution < 1.29 is 14.5 Å². The number of pyridine rings is 1. The minimum atomic E-state index is -0.567. The smallest absolute Gasteiger partial charge is 0.331 e. The van der Waals surface area contributed by atoms with Crippen molar-refractivity contribution in [2.24, 2.45) is 0 Å². The van der Waals surface area contributed by atoms with E-state index in [-0.39, 0.29) is 5.69 Å². The van der Waals surface area contributed by atoms with E-state index < -0.39 is 17.0 Å². The van der Waals surface area contributed by atoms with Crippen molar-refractivity contribution in [2.45, 2.75) is 13.0 Å². The summed E-state index contributed by atoms with van der Waals surface area (Å²) < 4.78 is 5.24. The number of aromatic nitrogens is 1. The van der Waals surface area contributed by atoms with Crippen LogP contribution in [0.3, 0.4) is 0 Å². The highest BCUT2D eigenvalue weighted by Crippen LogP contribution is 2.20. The first kappa shape index (κ1) is 15.4. The Hall–Kier alpha value is -3.02. The molecule has 0 aliphatic carbocycles. The highest BCUT2D eigenvalue weighted by molar-refractivity contribution is 5.88. The van der Waals surface area contributed by atoms with Gasteiger partial charge in [0, 0.05) is 24.5 Å². The van der Waals surface area contributed by atoms with E-state index in [4.69, 9.17) is 4.74 Å². The standard InChI is InChI=1S/C16H14N2O4/c1-12(13-8-10-17-11-9-13)22-16(19)7-6-14-4-2-3-5-15(14)18(20)21/h2-12H,1H3/b7-6-/t12-/m1/s1. The number of para-hydroxylation sites is 1. The van der Waals surface area contributed by atoms with Crippen LogP contribution in [-0.4, -0.2) is 15.9 Å². The number of carbonyl (C=O) groups is 1. The molecular formula is C16H14N2O4. The number of carbonyl (C=O) groups excluding carboxylic acids is 1. The Balaban J connectivity index is 2.05. The second kappa shape index (κ2) is 7.12. The normalized spacial score (nSPS) is 12.0. The van der Waals surface area contributed by atoms with Gasteiger partial charge in [-0.2, -0.15) is 0 Å². The van der Waals surface area contributed by atoms with Gasteiger partial charge in [0.1, 0.15) is 6.10 Å². The summed E-state index contributed by atoms with van der Waals surface area (Å²) >= 11 is 0. The lowest BCUT2D eigenvalue weighted by Gasteiger charge is -2.11. The van der Waals surface area contributed by atoms with Crippen LogP contribution in [-0.2, 0) is 9.53 Å². The molecule has 0 fully saturated rings. The molecule has 0 spiro atoms. The van der Waals surface area contributed by atoms with Crippen LogP contribution in [0.4, 0.5) is 5.69 Å². The largest absolute Gasteiger partial charge is 0.455 e. The zero-order valence-electron chi connectivity index (χ0n) is 11.9. The maximum Gasteiger partial charge on any atom is 0.331 e. The van der Waals surface area contributed by atoms with Gasteiger partial charge in [-0.05, 0) is 36.8 Å². The maximum atomic E-state index is 11.8. The number of nitro benzene ring substituents is 1. The molecule has 0 aliphatic heterocycles. The SMILES string of the molecule is C[C@@H](OC(=O)/C=C\c1ccccc1[N+](=O)[O-])c1ccncc1. The van der Waals surface area contributed by atoms with E-state index in [9.17, 15) is 14.9 Å². The summed E-state index contributed by atoms with van der Waals surface area (Å²) in [4.78, 5) is 26.1. The molecule has 1 aromatic heterocycles. The van der Waals surface area contributed by atoms with Crippen LogP contribution in [0.25, 0.3) is 6.08 Å². The fourth-order valence-corrected chi connectivity index (χ4v) is 1.87. The highest BCUT2D eigenvalue weighted by Gasteiger charge is 2.12. The average molecular weight is 298 g/mol. The number of ether oxygens (including phenoxy) is 1. The molecule has 0 N–H and O–H groups in total. The average Bonchev–Trinajstić information content (AvgIpc) is 2.54. The van der Waals surface area contributed by atoms with Crippen LogP contribution in [0.5, 0.6) is 0 Å². The van der Waals surface area contributed by atoms with Gasteiger partial charge >= 0.3 is 5.97 Å². The summed E-state index contributed by atoms with van der Waals surface area (Å²) in [5.74, 6) is -0.567. The van der Waals surface area contributed by atoms with Gasteiger partial charge in [0.2, 0.25) is 0 Å². The Morgan fingerprint density at radius 3 is 2.64 bits per heavy atom. The van der Waals surface area contributed by atoms with Gasteiger partial charge in [0.25, 0.3) is 5.69 Å². The molecule has 0 bridgehead atoms. The first-order chi connectivity index (χ1) is 10.6. The predicted molar refractivity (Wildman–Crippen MR) is 80.9 cm³/mol. The number of hydrogen-bond acceptors (Lipinski definition) is 5. The van der Waals surface area contributed by atoms with Gasteiger partial charge in [0.05, 0.1) is 10.5 Å². The molecule has 0 unspecified atom stereocenters. The molecule has 22 heavy (non-hydrogen) atoms. The molecule has 112 valence electrons. The molecule has 2 rings (SSSR count). The Morgan fingerprint density at radius 1 is 1.27 bits per heavy atom. The third-order valence-electron chi connectivity index (χ3n) is 3.00. The molecule has 2 aromatic rings. The van der Waals surface area contributed by atoms with Crippen LogP contribution >= 0.6 is 0 Å². The molecule has 0 saturated carbocycles. The summed E-state index contributed by atoms with van der Waals surface area (Å²) in [6.45, 7) is 1.74. The van der Waals surface area contributed by atoms with Crippen molar-refractivity contribution in [2.75, 3.05) is 0 Å². The maximum absolute atomic E-state index is 11.8. The Labute approximate surface area is 127 Å². The van der Waals surface area contributed by atoms with Crippen molar-refractivity contribution in [3.05, 3.63) is 76.1 Å². The zero-order valence-corrected chi connectivity index (χ0v) is 11.9. The van der Waals surface area contributed by atoms with Gasteiger partial charge in [-0.15, -0.1) is 0 Å². The molecule has 6 heteroatoms. The lowest BCUT2D eigenvalue weighted by molar-refractivity contribution is -0.385. The van der Waals surface area contributed by atoms with Crippen LogP contribution in [0.15, 0.2) is 54.9 Å². The van der Waals surface area contributed by atoms with Gasteiger partial charge in [-0.25, -0.2) is 4.79 Å². The van der Waals surface area contributed by atoms with E-state index in [1.165, 1.54) is 18.2 Å². The van der Waals surface area contributed by atoms with Crippen LogP contribution in [0.1, 0.15) is 24.2 Å². The van der Waals surface area contributed by atoms with E-state index >= 15 is 0 Å². The molecule has 0 aliphatic rings. The van der Waals surface area contributed by atoms with E-state index in [0.29, 0.717) is 5.56 Å². The van der Waals surface area contributed by atoms with Crippen LogP contribution in [0, 0.1) is 10.1 Å². The molecule has 1 aromatic carbocycles. The number of nitro groups is 1. The molecule has 0 radical (unpaired) electrons. The molecule has 1 heterocycles. The summed E-state index contributed by atoms with van der Waals surface area (Å²) in [5.41, 5.74) is 1.11.